The number of anilines is 1. The molecule has 3 aromatic heterocycles. The SMILES string of the molecule is Cc1c(-c2cccc3c(N)n[nH]c23)nc2[nH]ncc2c1Cl. The van der Waals surface area contributed by atoms with Gasteiger partial charge in [-0.3, -0.25) is 10.2 Å². The molecule has 0 aliphatic carbocycles. The summed E-state index contributed by atoms with van der Waals surface area (Å²) in [6, 6.07) is 5.81. The molecule has 0 saturated heterocycles. The Labute approximate surface area is 124 Å². The van der Waals surface area contributed by atoms with E-state index in [1.807, 2.05) is 25.1 Å². The minimum absolute atomic E-state index is 0.471. The Balaban J connectivity index is 2.11. The normalized spacial score (nSPS) is 11.5. The van der Waals surface area contributed by atoms with E-state index in [4.69, 9.17) is 17.3 Å². The van der Waals surface area contributed by atoms with E-state index in [-0.39, 0.29) is 0 Å². The summed E-state index contributed by atoms with van der Waals surface area (Å²) in [5.41, 5.74) is 9.95. The van der Waals surface area contributed by atoms with Gasteiger partial charge in [-0.15, -0.1) is 0 Å². The predicted octanol–water partition coefficient (Wildman–Crippen LogP) is 3.05. The topological polar surface area (TPSA) is 96.3 Å². The summed E-state index contributed by atoms with van der Waals surface area (Å²) in [4.78, 5) is 4.63. The summed E-state index contributed by atoms with van der Waals surface area (Å²) in [5.74, 6) is 0.471. The van der Waals surface area contributed by atoms with Gasteiger partial charge in [0.2, 0.25) is 0 Å². The van der Waals surface area contributed by atoms with Crippen LogP contribution < -0.4 is 5.73 Å². The molecule has 0 spiro atoms. The first-order chi connectivity index (χ1) is 10.2. The van der Waals surface area contributed by atoms with Crippen LogP contribution in [0.5, 0.6) is 0 Å². The number of aromatic amines is 2. The van der Waals surface area contributed by atoms with E-state index < -0.39 is 0 Å². The third-order valence-electron chi connectivity index (χ3n) is 3.65. The largest absolute Gasteiger partial charge is 0.382 e. The molecule has 0 unspecified atom stereocenters. The minimum atomic E-state index is 0.471. The molecular formula is C14H11ClN6. The molecule has 4 aromatic rings. The monoisotopic (exact) mass is 298 g/mol. The molecule has 0 atom stereocenters. The van der Waals surface area contributed by atoms with E-state index in [0.29, 0.717) is 16.5 Å². The fourth-order valence-corrected chi connectivity index (χ4v) is 2.78. The number of rotatable bonds is 1. The van der Waals surface area contributed by atoms with Crippen LogP contribution in [0.4, 0.5) is 5.82 Å². The van der Waals surface area contributed by atoms with Crippen molar-refractivity contribution in [3.05, 3.63) is 35.0 Å². The Hall–Kier alpha value is -2.60. The Kier molecular flexibility index (Phi) is 2.43. The van der Waals surface area contributed by atoms with Crippen LogP contribution in [0.25, 0.3) is 33.2 Å². The number of fused-ring (bicyclic) bond motifs is 2. The number of halogens is 1. The van der Waals surface area contributed by atoms with Crippen molar-refractivity contribution in [2.45, 2.75) is 6.92 Å². The first kappa shape index (κ1) is 12.2. The average Bonchev–Trinajstić information content (AvgIpc) is 3.10. The third kappa shape index (κ3) is 1.62. The number of nitrogen functional groups attached to an aromatic ring is 1. The fraction of sp³-hybridized carbons (Fsp3) is 0.0714. The molecular weight excluding hydrogens is 288 g/mol. The zero-order chi connectivity index (χ0) is 14.6. The Morgan fingerprint density at radius 3 is 2.90 bits per heavy atom. The Bertz CT molecular complexity index is 984. The van der Waals surface area contributed by atoms with E-state index in [9.17, 15) is 0 Å². The molecule has 0 fully saturated rings. The number of H-pyrrole nitrogens is 2. The molecule has 3 heterocycles. The van der Waals surface area contributed by atoms with Gasteiger partial charge in [0.25, 0.3) is 0 Å². The highest BCUT2D eigenvalue weighted by molar-refractivity contribution is 6.36. The highest BCUT2D eigenvalue weighted by Gasteiger charge is 2.16. The molecule has 4 N–H and O–H groups in total. The fourth-order valence-electron chi connectivity index (χ4n) is 2.55. The van der Waals surface area contributed by atoms with Crippen LogP contribution in [-0.2, 0) is 0 Å². The van der Waals surface area contributed by atoms with Crippen molar-refractivity contribution in [2.75, 3.05) is 5.73 Å². The van der Waals surface area contributed by atoms with Crippen molar-refractivity contribution in [1.82, 2.24) is 25.4 Å². The summed E-state index contributed by atoms with van der Waals surface area (Å²) in [6.07, 6.45) is 1.68. The molecule has 0 radical (unpaired) electrons. The van der Waals surface area contributed by atoms with Crippen LogP contribution >= 0.6 is 11.6 Å². The first-order valence-electron chi connectivity index (χ1n) is 6.39. The number of nitrogens with one attached hydrogen (secondary N) is 2. The van der Waals surface area contributed by atoms with E-state index >= 15 is 0 Å². The number of benzene rings is 1. The standard InChI is InChI=1S/C14H11ClN6/c1-6-10(15)9-5-17-21-14(9)18-11(6)7-3-2-4-8-12(7)19-20-13(8)16/h2-5H,1H3,(H3,16,19,20)(H,17,18,21). The number of hydrogen-bond acceptors (Lipinski definition) is 4. The molecule has 6 nitrogen and oxygen atoms in total. The first-order valence-corrected chi connectivity index (χ1v) is 6.76. The second-order valence-electron chi connectivity index (χ2n) is 4.87. The summed E-state index contributed by atoms with van der Waals surface area (Å²) < 4.78 is 0. The molecule has 0 saturated carbocycles. The van der Waals surface area contributed by atoms with Gasteiger partial charge in [-0.05, 0) is 18.6 Å². The number of aromatic nitrogens is 5. The van der Waals surface area contributed by atoms with Crippen LogP contribution in [0, 0.1) is 6.92 Å². The van der Waals surface area contributed by atoms with E-state index in [0.717, 1.165) is 33.1 Å². The van der Waals surface area contributed by atoms with Gasteiger partial charge in [0.1, 0.15) is 0 Å². The molecule has 0 bridgehead atoms. The lowest BCUT2D eigenvalue weighted by molar-refractivity contribution is 1.10. The second kappa shape index (κ2) is 4.20. The highest BCUT2D eigenvalue weighted by atomic mass is 35.5. The van der Waals surface area contributed by atoms with Gasteiger partial charge in [0.15, 0.2) is 11.5 Å². The van der Waals surface area contributed by atoms with E-state index in [1.54, 1.807) is 6.20 Å². The van der Waals surface area contributed by atoms with Crippen molar-refractivity contribution < 1.29 is 0 Å². The summed E-state index contributed by atoms with van der Waals surface area (Å²) in [5, 5.41) is 16.2. The summed E-state index contributed by atoms with van der Waals surface area (Å²) in [6.45, 7) is 1.94. The van der Waals surface area contributed by atoms with E-state index in [2.05, 4.69) is 25.4 Å². The molecule has 0 aliphatic rings. The van der Waals surface area contributed by atoms with Gasteiger partial charge in [0.05, 0.1) is 27.8 Å². The van der Waals surface area contributed by atoms with Crippen molar-refractivity contribution in [1.29, 1.82) is 0 Å². The number of pyridine rings is 1. The number of nitrogens with zero attached hydrogens (tertiary/aromatic N) is 3. The Morgan fingerprint density at radius 2 is 2.05 bits per heavy atom. The maximum atomic E-state index is 6.43. The lowest BCUT2D eigenvalue weighted by atomic mass is 10.0. The Morgan fingerprint density at radius 1 is 1.19 bits per heavy atom. The van der Waals surface area contributed by atoms with Gasteiger partial charge in [-0.25, -0.2) is 4.98 Å². The van der Waals surface area contributed by atoms with Crippen LogP contribution in [0.1, 0.15) is 5.56 Å². The average molecular weight is 299 g/mol. The smallest absolute Gasteiger partial charge is 0.157 e. The zero-order valence-corrected chi connectivity index (χ0v) is 11.9. The van der Waals surface area contributed by atoms with Gasteiger partial charge < -0.3 is 5.73 Å². The molecule has 7 heteroatoms. The van der Waals surface area contributed by atoms with Gasteiger partial charge in [0, 0.05) is 10.9 Å². The molecule has 0 amide bonds. The van der Waals surface area contributed by atoms with Crippen molar-refractivity contribution >= 4 is 39.4 Å². The van der Waals surface area contributed by atoms with Crippen LogP contribution in [0.2, 0.25) is 5.02 Å². The van der Waals surface area contributed by atoms with Crippen molar-refractivity contribution in [3.63, 3.8) is 0 Å². The van der Waals surface area contributed by atoms with Gasteiger partial charge in [-0.1, -0.05) is 23.7 Å². The maximum absolute atomic E-state index is 6.43. The minimum Gasteiger partial charge on any atom is -0.382 e. The number of nitrogens with two attached hydrogens (primary N) is 1. The lowest BCUT2D eigenvalue weighted by Crippen LogP contribution is -1.92. The zero-order valence-electron chi connectivity index (χ0n) is 11.1. The number of hydrogen-bond donors (Lipinski definition) is 3. The summed E-state index contributed by atoms with van der Waals surface area (Å²) >= 11 is 6.43. The highest BCUT2D eigenvalue weighted by Crippen LogP contribution is 2.35. The third-order valence-corrected chi connectivity index (χ3v) is 4.13. The van der Waals surface area contributed by atoms with Gasteiger partial charge >= 0.3 is 0 Å². The van der Waals surface area contributed by atoms with Crippen LogP contribution in [0.15, 0.2) is 24.4 Å². The molecule has 21 heavy (non-hydrogen) atoms. The quantitative estimate of drug-likeness (QED) is 0.503. The molecule has 0 aliphatic heterocycles. The predicted molar refractivity (Wildman–Crippen MR) is 83.1 cm³/mol. The molecule has 104 valence electrons. The van der Waals surface area contributed by atoms with Crippen molar-refractivity contribution in [3.8, 4) is 11.3 Å². The van der Waals surface area contributed by atoms with Crippen molar-refractivity contribution in [2.24, 2.45) is 0 Å². The van der Waals surface area contributed by atoms with Crippen LogP contribution in [0.3, 0.4) is 0 Å². The second-order valence-corrected chi connectivity index (χ2v) is 5.25. The maximum Gasteiger partial charge on any atom is 0.157 e. The lowest BCUT2D eigenvalue weighted by Gasteiger charge is -2.08. The molecule has 4 rings (SSSR count). The van der Waals surface area contributed by atoms with E-state index in [1.165, 1.54) is 0 Å². The molecule has 1 aromatic carbocycles. The van der Waals surface area contributed by atoms with Crippen LogP contribution in [-0.4, -0.2) is 25.4 Å². The summed E-state index contributed by atoms with van der Waals surface area (Å²) in [7, 11) is 0. The number of para-hydroxylation sites is 1. The van der Waals surface area contributed by atoms with Gasteiger partial charge in [-0.2, -0.15) is 10.2 Å².